The lowest BCUT2D eigenvalue weighted by Gasteiger charge is -2.08. The minimum atomic E-state index is -3.90. The van der Waals surface area contributed by atoms with Gasteiger partial charge in [0.1, 0.15) is 5.82 Å². The maximum atomic E-state index is 12.1. The number of hydrogen-bond acceptors (Lipinski definition) is 4. The van der Waals surface area contributed by atoms with Crippen LogP contribution < -0.4 is 4.72 Å². The van der Waals surface area contributed by atoms with Crippen LogP contribution in [0.1, 0.15) is 16.2 Å². The smallest absolute Gasteiger partial charge is 0.335 e. The van der Waals surface area contributed by atoms with Gasteiger partial charge in [-0.1, -0.05) is 11.6 Å². The molecule has 0 bridgehead atoms. The molecule has 2 rings (SSSR count). The Morgan fingerprint density at radius 3 is 2.70 bits per heavy atom. The summed E-state index contributed by atoms with van der Waals surface area (Å²) in [5.74, 6) is -0.741. The van der Waals surface area contributed by atoms with Crippen LogP contribution in [0.15, 0.2) is 29.4 Å². The normalized spacial score (nSPS) is 11.3. The van der Waals surface area contributed by atoms with Crippen LogP contribution in [-0.4, -0.2) is 29.5 Å². The highest BCUT2D eigenvalue weighted by molar-refractivity contribution is 7.92. The number of nitrogens with one attached hydrogen (secondary N) is 2. The van der Waals surface area contributed by atoms with Gasteiger partial charge in [-0.2, -0.15) is 8.42 Å². The highest BCUT2D eigenvalue weighted by Gasteiger charge is 2.19. The van der Waals surface area contributed by atoms with E-state index in [0.717, 1.165) is 12.3 Å². The van der Waals surface area contributed by atoms with Crippen molar-refractivity contribution in [3.8, 4) is 0 Å². The molecule has 0 spiro atoms. The molecule has 1 heterocycles. The molecule has 1 aromatic carbocycles. The van der Waals surface area contributed by atoms with Crippen LogP contribution in [0, 0.1) is 6.92 Å². The molecule has 0 aliphatic carbocycles. The topological polar surface area (TPSA) is 112 Å². The second kappa shape index (κ2) is 5.14. The first kappa shape index (κ1) is 14.4. The average Bonchev–Trinajstić information content (AvgIpc) is 2.79. The summed E-state index contributed by atoms with van der Waals surface area (Å²) in [6.07, 6.45) is 1.16. The van der Waals surface area contributed by atoms with E-state index in [1.54, 1.807) is 6.92 Å². The van der Waals surface area contributed by atoms with Gasteiger partial charge in [-0.3, -0.25) is 4.72 Å². The lowest BCUT2D eigenvalue weighted by atomic mass is 10.2. The molecular formula is C11H10ClN3O4S. The number of hydrogen-bond donors (Lipinski definition) is 3. The average molecular weight is 316 g/mol. The van der Waals surface area contributed by atoms with Crippen molar-refractivity contribution in [2.75, 3.05) is 4.72 Å². The summed E-state index contributed by atoms with van der Waals surface area (Å²) < 4.78 is 26.3. The van der Waals surface area contributed by atoms with E-state index in [1.807, 2.05) is 0 Å². The van der Waals surface area contributed by atoms with Crippen LogP contribution >= 0.6 is 11.6 Å². The number of nitrogens with zero attached hydrogens (tertiary/aromatic N) is 1. The van der Waals surface area contributed by atoms with Crippen molar-refractivity contribution >= 4 is 33.3 Å². The monoisotopic (exact) mass is 315 g/mol. The molecule has 0 amide bonds. The van der Waals surface area contributed by atoms with Crippen molar-refractivity contribution in [3.05, 3.63) is 40.8 Å². The predicted octanol–water partition coefficient (Wildman–Crippen LogP) is 1.87. The molecule has 9 heteroatoms. The Morgan fingerprint density at radius 1 is 1.45 bits per heavy atom. The Balaban J connectivity index is 2.39. The van der Waals surface area contributed by atoms with Gasteiger partial charge in [-0.05, 0) is 25.1 Å². The van der Waals surface area contributed by atoms with Crippen LogP contribution in [0.3, 0.4) is 0 Å². The number of rotatable bonds is 4. The standard InChI is InChI=1S/C11H10ClN3O4S/c1-6-13-5-10(14-6)20(18,19)15-9-4-7(11(16)17)2-3-8(9)12/h2-5,15H,1H3,(H,13,14)(H,16,17). The van der Waals surface area contributed by atoms with E-state index in [2.05, 4.69) is 14.7 Å². The summed E-state index contributed by atoms with van der Waals surface area (Å²) in [5.41, 5.74) is -0.0910. The number of carbonyl (C=O) groups is 1. The van der Waals surface area contributed by atoms with Gasteiger partial charge < -0.3 is 10.1 Å². The maximum Gasteiger partial charge on any atom is 0.335 e. The zero-order valence-electron chi connectivity index (χ0n) is 10.2. The number of aromatic amines is 1. The lowest BCUT2D eigenvalue weighted by Crippen LogP contribution is -2.14. The number of sulfonamides is 1. The van der Waals surface area contributed by atoms with Gasteiger partial charge in [0.2, 0.25) is 0 Å². The minimum Gasteiger partial charge on any atom is -0.478 e. The summed E-state index contributed by atoms with van der Waals surface area (Å²) in [7, 11) is -3.90. The fourth-order valence-electron chi connectivity index (χ4n) is 1.47. The summed E-state index contributed by atoms with van der Waals surface area (Å²) >= 11 is 5.85. The molecule has 1 aromatic heterocycles. The van der Waals surface area contributed by atoms with Crippen molar-refractivity contribution in [1.82, 2.24) is 9.97 Å². The van der Waals surface area contributed by atoms with E-state index in [1.165, 1.54) is 12.1 Å². The molecular weight excluding hydrogens is 306 g/mol. The molecule has 7 nitrogen and oxygen atoms in total. The molecule has 0 aliphatic rings. The molecule has 3 N–H and O–H groups in total. The third kappa shape index (κ3) is 2.91. The molecule has 20 heavy (non-hydrogen) atoms. The SMILES string of the molecule is Cc1ncc(S(=O)(=O)Nc2cc(C(=O)O)ccc2Cl)[nH]1. The van der Waals surface area contributed by atoms with Crippen LogP contribution in [0.25, 0.3) is 0 Å². The Bertz CT molecular complexity index is 770. The highest BCUT2D eigenvalue weighted by Crippen LogP contribution is 2.25. The van der Waals surface area contributed by atoms with E-state index in [0.29, 0.717) is 5.82 Å². The molecule has 0 saturated carbocycles. The largest absolute Gasteiger partial charge is 0.478 e. The van der Waals surface area contributed by atoms with Gasteiger partial charge in [0.05, 0.1) is 22.5 Å². The van der Waals surface area contributed by atoms with Crippen LogP contribution in [0.5, 0.6) is 0 Å². The summed E-state index contributed by atoms with van der Waals surface area (Å²) in [6, 6.07) is 3.73. The molecule has 0 unspecified atom stereocenters. The first-order valence-corrected chi connectivity index (χ1v) is 7.23. The van der Waals surface area contributed by atoms with Gasteiger partial charge in [0.15, 0.2) is 5.03 Å². The maximum absolute atomic E-state index is 12.1. The van der Waals surface area contributed by atoms with Crippen LogP contribution in [-0.2, 0) is 10.0 Å². The molecule has 2 aromatic rings. The van der Waals surface area contributed by atoms with Gasteiger partial charge in [0.25, 0.3) is 10.0 Å². The molecule has 0 atom stereocenters. The molecule has 0 fully saturated rings. The van der Waals surface area contributed by atoms with Crippen molar-refractivity contribution in [2.24, 2.45) is 0 Å². The molecule has 0 radical (unpaired) electrons. The number of carboxylic acid groups (broad SMARTS) is 1. The second-order valence-electron chi connectivity index (χ2n) is 3.94. The van der Waals surface area contributed by atoms with Crippen LogP contribution in [0.2, 0.25) is 5.02 Å². The number of benzene rings is 1. The van der Waals surface area contributed by atoms with Gasteiger partial charge >= 0.3 is 5.97 Å². The quantitative estimate of drug-likeness (QED) is 0.797. The number of anilines is 1. The third-order valence-electron chi connectivity index (χ3n) is 2.43. The number of aromatic nitrogens is 2. The Morgan fingerprint density at radius 2 is 2.15 bits per heavy atom. The lowest BCUT2D eigenvalue weighted by molar-refractivity contribution is 0.0697. The fourth-order valence-corrected chi connectivity index (χ4v) is 2.73. The van der Waals surface area contributed by atoms with Gasteiger partial charge in [-0.15, -0.1) is 0 Å². The first-order valence-electron chi connectivity index (χ1n) is 5.37. The third-order valence-corrected chi connectivity index (χ3v) is 4.03. The number of aromatic carboxylic acids is 1. The molecule has 106 valence electrons. The summed E-state index contributed by atoms with van der Waals surface area (Å²) in [4.78, 5) is 17.2. The number of imidazole rings is 1. The molecule has 0 saturated heterocycles. The van der Waals surface area contributed by atoms with Crippen molar-refractivity contribution in [3.63, 3.8) is 0 Å². The number of halogens is 1. The van der Waals surface area contributed by atoms with Crippen LogP contribution in [0.4, 0.5) is 5.69 Å². The van der Waals surface area contributed by atoms with E-state index in [9.17, 15) is 13.2 Å². The first-order chi connectivity index (χ1) is 9.29. The van der Waals surface area contributed by atoms with E-state index >= 15 is 0 Å². The Hall–Kier alpha value is -2.06. The Kier molecular flexibility index (Phi) is 3.69. The Labute approximate surface area is 119 Å². The summed E-state index contributed by atoms with van der Waals surface area (Å²) in [5, 5.41) is 8.84. The highest BCUT2D eigenvalue weighted by atomic mass is 35.5. The van der Waals surface area contributed by atoms with E-state index in [-0.39, 0.29) is 21.3 Å². The number of aryl methyl sites for hydroxylation is 1. The fraction of sp³-hybridized carbons (Fsp3) is 0.0909. The van der Waals surface area contributed by atoms with Gasteiger partial charge in [0, 0.05) is 0 Å². The molecule has 0 aliphatic heterocycles. The number of carboxylic acids is 1. The second-order valence-corrected chi connectivity index (χ2v) is 6.00. The van der Waals surface area contributed by atoms with Gasteiger partial charge in [-0.25, -0.2) is 9.78 Å². The van der Waals surface area contributed by atoms with E-state index in [4.69, 9.17) is 16.7 Å². The summed E-state index contributed by atoms with van der Waals surface area (Å²) in [6.45, 7) is 1.61. The van der Waals surface area contributed by atoms with E-state index < -0.39 is 16.0 Å². The van der Waals surface area contributed by atoms with Crippen molar-refractivity contribution < 1.29 is 18.3 Å². The minimum absolute atomic E-state index is 0.0150. The zero-order chi connectivity index (χ0) is 14.9. The van der Waals surface area contributed by atoms with Crippen molar-refractivity contribution in [2.45, 2.75) is 11.9 Å². The van der Waals surface area contributed by atoms with Crippen molar-refractivity contribution in [1.29, 1.82) is 0 Å². The predicted molar refractivity (Wildman–Crippen MR) is 72.5 cm³/mol. The number of H-pyrrole nitrogens is 1. The zero-order valence-corrected chi connectivity index (χ0v) is 11.8.